The van der Waals surface area contributed by atoms with E-state index in [0.29, 0.717) is 6.54 Å². The van der Waals surface area contributed by atoms with Crippen molar-refractivity contribution < 1.29 is 14.3 Å². The molecule has 0 unspecified atom stereocenters. The van der Waals surface area contributed by atoms with Gasteiger partial charge in [0.15, 0.2) is 0 Å². The Morgan fingerprint density at radius 2 is 1.95 bits per heavy atom. The van der Waals surface area contributed by atoms with Gasteiger partial charge in [-0.05, 0) is 38.1 Å². The number of rotatable bonds is 5. The topological polar surface area (TPSA) is 58.4 Å². The third kappa shape index (κ3) is 3.33. The number of hydrogen-bond acceptors (Lipinski definition) is 3. The first-order valence-corrected chi connectivity index (χ1v) is 7.10. The molecule has 1 aromatic carbocycles. The fraction of sp³-hybridized carbons (Fsp3) is 0.375. The highest BCUT2D eigenvalue weighted by atomic mass is 19.1. The second-order valence-electron chi connectivity index (χ2n) is 5.25. The van der Waals surface area contributed by atoms with Crippen LogP contribution in [0.5, 0.6) is 0 Å². The van der Waals surface area contributed by atoms with Crippen molar-refractivity contribution in [3.8, 4) is 5.69 Å². The van der Waals surface area contributed by atoms with Crippen LogP contribution in [0.4, 0.5) is 4.39 Å². The Morgan fingerprint density at radius 3 is 2.55 bits per heavy atom. The van der Waals surface area contributed by atoms with E-state index in [1.165, 1.54) is 17.0 Å². The summed E-state index contributed by atoms with van der Waals surface area (Å²) in [7, 11) is 1.66. The summed E-state index contributed by atoms with van der Waals surface area (Å²) in [4.78, 5) is 13.6. The molecule has 2 rings (SSSR count). The number of nitrogens with zero attached hydrogens (tertiary/aromatic N) is 3. The summed E-state index contributed by atoms with van der Waals surface area (Å²) in [6.07, 6.45) is 0.232. The summed E-state index contributed by atoms with van der Waals surface area (Å²) in [5.74, 6) is -0.370. The molecule has 118 valence electrons. The molecule has 0 atom stereocenters. The minimum absolute atomic E-state index is 0.0605. The molecular formula is C16H20FN3O2. The van der Waals surface area contributed by atoms with Crippen molar-refractivity contribution in [2.75, 3.05) is 20.2 Å². The van der Waals surface area contributed by atoms with Gasteiger partial charge in [0.05, 0.1) is 24.4 Å². The van der Waals surface area contributed by atoms with Crippen LogP contribution in [0.15, 0.2) is 24.3 Å². The molecule has 2 aromatic rings. The molecule has 0 saturated carbocycles. The van der Waals surface area contributed by atoms with Crippen molar-refractivity contribution in [3.05, 3.63) is 47.0 Å². The van der Waals surface area contributed by atoms with Crippen LogP contribution in [0.2, 0.25) is 0 Å². The van der Waals surface area contributed by atoms with E-state index in [2.05, 4.69) is 5.10 Å². The molecule has 1 amide bonds. The van der Waals surface area contributed by atoms with E-state index in [1.54, 1.807) is 23.9 Å². The fourth-order valence-corrected chi connectivity index (χ4v) is 2.33. The standard InChI is InChI=1S/C16H20FN3O2/c1-11-15(10-16(22)19(3)8-9-21)12(2)20(18-11)14-6-4-13(17)5-7-14/h4-7,21H,8-10H2,1-3H3. The lowest BCUT2D eigenvalue weighted by Gasteiger charge is -2.15. The van der Waals surface area contributed by atoms with Crippen LogP contribution in [0.1, 0.15) is 17.0 Å². The zero-order valence-corrected chi connectivity index (χ0v) is 13.0. The van der Waals surface area contributed by atoms with E-state index < -0.39 is 0 Å². The molecule has 22 heavy (non-hydrogen) atoms. The van der Waals surface area contributed by atoms with Gasteiger partial charge >= 0.3 is 0 Å². The molecular weight excluding hydrogens is 285 g/mol. The number of aryl methyl sites for hydroxylation is 1. The summed E-state index contributed by atoms with van der Waals surface area (Å²) in [5, 5.41) is 13.3. The molecule has 0 radical (unpaired) electrons. The minimum atomic E-state index is -0.300. The Morgan fingerprint density at radius 1 is 1.32 bits per heavy atom. The Labute approximate surface area is 129 Å². The van der Waals surface area contributed by atoms with Crippen LogP contribution in [0.25, 0.3) is 5.69 Å². The van der Waals surface area contributed by atoms with Crippen LogP contribution in [0.3, 0.4) is 0 Å². The van der Waals surface area contributed by atoms with Gasteiger partial charge in [0, 0.05) is 24.8 Å². The lowest BCUT2D eigenvalue weighted by molar-refractivity contribution is -0.129. The van der Waals surface area contributed by atoms with Gasteiger partial charge in [-0.2, -0.15) is 5.10 Å². The summed E-state index contributed by atoms with van der Waals surface area (Å²) >= 11 is 0. The number of aliphatic hydroxyl groups excluding tert-OH is 1. The van der Waals surface area contributed by atoms with Crippen LogP contribution in [-0.4, -0.2) is 45.9 Å². The molecule has 1 aromatic heterocycles. The third-order valence-electron chi connectivity index (χ3n) is 3.70. The number of likely N-dealkylation sites (N-methyl/N-ethyl adjacent to an activating group) is 1. The minimum Gasteiger partial charge on any atom is -0.395 e. The van der Waals surface area contributed by atoms with Crippen molar-refractivity contribution in [2.45, 2.75) is 20.3 Å². The molecule has 0 aliphatic carbocycles. The van der Waals surface area contributed by atoms with Crippen LogP contribution in [0, 0.1) is 19.7 Å². The van der Waals surface area contributed by atoms with Gasteiger partial charge in [-0.3, -0.25) is 4.79 Å². The molecule has 0 saturated heterocycles. The number of aromatic nitrogens is 2. The average molecular weight is 305 g/mol. The number of halogens is 1. The predicted octanol–water partition coefficient (Wildman–Crippen LogP) is 1.62. The van der Waals surface area contributed by atoms with E-state index in [4.69, 9.17) is 5.11 Å². The maximum absolute atomic E-state index is 13.0. The normalized spacial score (nSPS) is 10.8. The molecule has 0 aliphatic rings. The van der Waals surface area contributed by atoms with Gasteiger partial charge in [-0.25, -0.2) is 9.07 Å². The molecule has 5 nitrogen and oxygen atoms in total. The first kappa shape index (κ1) is 16.2. The van der Waals surface area contributed by atoms with Crippen molar-refractivity contribution in [3.63, 3.8) is 0 Å². The van der Waals surface area contributed by atoms with Crippen molar-refractivity contribution in [1.29, 1.82) is 0 Å². The lowest BCUT2D eigenvalue weighted by atomic mass is 10.1. The number of benzene rings is 1. The first-order valence-electron chi connectivity index (χ1n) is 7.10. The highest BCUT2D eigenvalue weighted by Crippen LogP contribution is 2.19. The number of carbonyl (C=O) groups is 1. The molecule has 1 heterocycles. The van der Waals surface area contributed by atoms with Crippen molar-refractivity contribution in [2.24, 2.45) is 0 Å². The molecule has 1 N–H and O–H groups in total. The van der Waals surface area contributed by atoms with Gasteiger partial charge in [0.25, 0.3) is 0 Å². The largest absolute Gasteiger partial charge is 0.395 e. The highest BCUT2D eigenvalue weighted by molar-refractivity contribution is 5.79. The van der Waals surface area contributed by atoms with E-state index in [0.717, 1.165) is 22.6 Å². The first-order chi connectivity index (χ1) is 10.4. The molecule has 0 fully saturated rings. The molecule has 0 aliphatic heterocycles. The smallest absolute Gasteiger partial charge is 0.226 e. The Hall–Kier alpha value is -2.21. The predicted molar refractivity (Wildman–Crippen MR) is 81.4 cm³/mol. The lowest BCUT2D eigenvalue weighted by Crippen LogP contribution is -2.31. The second kappa shape index (κ2) is 6.70. The molecule has 6 heteroatoms. The Bertz CT molecular complexity index is 665. The summed E-state index contributed by atoms with van der Waals surface area (Å²) < 4.78 is 14.7. The second-order valence-corrected chi connectivity index (χ2v) is 5.25. The Balaban J connectivity index is 2.27. The SMILES string of the molecule is Cc1nn(-c2ccc(F)cc2)c(C)c1CC(=O)N(C)CCO. The highest BCUT2D eigenvalue weighted by Gasteiger charge is 2.17. The summed E-state index contributed by atoms with van der Waals surface area (Å²) in [6, 6.07) is 6.06. The van der Waals surface area contributed by atoms with E-state index in [9.17, 15) is 9.18 Å². The number of amides is 1. The van der Waals surface area contributed by atoms with Crippen molar-refractivity contribution in [1.82, 2.24) is 14.7 Å². The molecule has 0 bridgehead atoms. The van der Waals surface area contributed by atoms with Crippen molar-refractivity contribution >= 4 is 5.91 Å². The van der Waals surface area contributed by atoms with E-state index >= 15 is 0 Å². The van der Waals surface area contributed by atoms with Gasteiger partial charge in [0.1, 0.15) is 5.82 Å². The maximum atomic E-state index is 13.0. The third-order valence-corrected chi connectivity index (χ3v) is 3.70. The van der Waals surface area contributed by atoms with E-state index in [1.807, 2.05) is 13.8 Å². The monoisotopic (exact) mass is 305 g/mol. The fourth-order valence-electron chi connectivity index (χ4n) is 2.33. The summed E-state index contributed by atoms with van der Waals surface area (Å²) in [6.45, 7) is 3.98. The maximum Gasteiger partial charge on any atom is 0.226 e. The quantitative estimate of drug-likeness (QED) is 0.913. The Kier molecular flexibility index (Phi) is 4.92. The van der Waals surface area contributed by atoms with Crippen LogP contribution in [-0.2, 0) is 11.2 Å². The number of carbonyl (C=O) groups excluding carboxylic acids is 1. The molecule has 0 spiro atoms. The van der Waals surface area contributed by atoms with E-state index in [-0.39, 0.29) is 24.8 Å². The van der Waals surface area contributed by atoms with Crippen LogP contribution >= 0.6 is 0 Å². The number of hydrogen-bond donors (Lipinski definition) is 1. The zero-order chi connectivity index (χ0) is 16.3. The van der Waals surface area contributed by atoms with Crippen LogP contribution < -0.4 is 0 Å². The van der Waals surface area contributed by atoms with Gasteiger partial charge < -0.3 is 10.0 Å². The van der Waals surface area contributed by atoms with Gasteiger partial charge in [0.2, 0.25) is 5.91 Å². The average Bonchev–Trinajstić information content (AvgIpc) is 2.76. The van der Waals surface area contributed by atoms with Gasteiger partial charge in [-0.15, -0.1) is 0 Å². The van der Waals surface area contributed by atoms with Gasteiger partial charge in [-0.1, -0.05) is 0 Å². The zero-order valence-electron chi connectivity index (χ0n) is 13.0. The summed E-state index contributed by atoms with van der Waals surface area (Å²) in [5.41, 5.74) is 3.24. The number of aliphatic hydroxyl groups is 1.